The Morgan fingerprint density at radius 2 is 1.95 bits per heavy atom. The number of benzene rings is 2. The molecule has 14 heteroatoms. The summed E-state index contributed by atoms with van der Waals surface area (Å²) in [7, 11) is 0. The Kier molecular flexibility index (Phi) is 7.44. The Labute approximate surface area is 224 Å². The van der Waals surface area contributed by atoms with Crippen LogP contribution >= 0.6 is 11.6 Å². The standard InChI is InChI=1S/C25H23ClF2N6O5/c26-16-8-18-19(9-20(16)39-12-21(27)28)31-22(30-18)10-17-15-7-13(24(29)36)1-2-14(15)25(37)34(32-17)11-23(35)33-3-5-38-6-4-33/h1-2,7-9,21H,3-6,10-12H2,(H2,29,36)(H,30,31). The number of nitrogens with one attached hydrogen (secondary N) is 1. The van der Waals surface area contributed by atoms with Crippen LogP contribution in [-0.2, 0) is 22.5 Å². The quantitative estimate of drug-likeness (QED) is 0.336. The number of hydrogen-bond donors (Lipinski definition) is 2. The maximum atomic E-state index is 13.2. The molecule has 1 saturated heterocycles. The number of nitrogens with two attached hydrogens (primary N) is 1. The molecular formula is C25H23ClF2N6O5. The molecule has 3 heterocycles. The molecule has 39 heavy (non-hydrogen) atoms. The molecule has 2 aromatic carbocycles. The molecule has 5 rings (SSSR count). The zero-order valence-corrected chi connectivity index (χ0v) is 21.2. The minimum absolute atomic E-state index is 0.0624. The normalized spacial score (nSPS) is 13.9. The summed E-state index contributed by atoms with van der Waals surface area (Å²) >= 11 is 6.18. The van der Waals surface area contributed by atoms with Gasteiger partial charge in [0.25, 0.3) is 12.0 Å². The van der Waals surface area contributed by atoms with Gasteiger partial charge in [0.05, 0.1) is 46.8 Å². The summed E-state index contributed by atoms with van der Waals surface area (Å²) in [4.78, 5) is 47.1. The topological polar surface area (TPSA) is 145 Å². The van der Waals surface area contributed by atoms with Crippen LogP contribution in [0.3, 0.4) is 0 Å². The number of fused-ring (bicyclic) bond motifs is 2. The van der Waals surface area contributed by atoms with Gasteiger partial charge in [-0.15, -0.1) is 0 Å². The number of halogens is 3. The first kappa shape index (κ1) is 26.5. The zero-order chi connectivity index (χ0) is 27.7. The number of amides is 2. The predicted molar refractivity (Wildman–Crippen MR) is 137 cm³/mol. The van der Waals surface area contributed by atoms with Gasteiger partial charge in [-0.25, -0.2) is 18.4 Å². The number of hydrogen-bond acceptors (Lipinski definition) is 7. The van der Waals surface area contributed by atoms with E-state index in [1.165, 1.54) is 30.3 Å². The van der Waals surface area contributed by atoms with Crippen LogP contribution in [0.1, 0.15) is 21.9 Å². The average Bonchev–Trinajstić information content (AvgIpc) is 3.30. The highest BCUT2D eigenvalue weighted by Gasteiger charge is 2.21. The molecule has 204 valence electrons. The highest BCUT2D eigenvalue weighted by Crippen LogP contribution is 2.30. The Hall–Kier alpha value is -4.10. The van der Waals surface area contributed by atoms with Crippen LogP contribution < -0.4 is 16.0 Å². The van der Waals surface area contributed by atoms with Crippen molar-refractivity contribution in [2.45, 2.75) is 19.4 Å². The molecule has 2 aromatic heterocycles. The summed E-state index contributed by atoms with van der Waals surface area (Å²) in [6, 6.07) is 7.34. The predicted octanol–water partition coefficient (Wildman–Crippen LogP) is 2.12. The highest BCUT2D eigenvalue weighted by molar-refractivity contribution is 6.32. The van der Waals surface area contributed by atoms with Crippen molar-refractivity contribution >= 4 is 45.2 Å². The Bertz CT molecular complexity index is 1630. The number of carbonyl (C=O) groups is 2. The van der Waals surface area contributed by atoms with Gasteiger partial charge in [0, 0.05) is 30.1 Å². The van der Waals surface area contributed by atoms with Crippen molar-refractivity contribution in [2.75, 3.05) is 32.9 Å². The minimum atomic E-state index is -2.66. The van der Waals surface area contributed by atoms with E-state index in [1.807, 2.05) is 0 Å². The highest BCUT2D eigenvalue weighted by atomic mass is 35.5. The lowest BCUT2D eigenvalue weighted by Crippen LogP contribution is -2.44. The van der Waals surface area contributed by atoms with Crippen molar-refractivity contribution in [3.63, 3.8) is 0 Å². The SMILES string of the molecule is NC(=O)c1ccc2c(=O)n(CC(=O)N3CCOCC3)nc(Cc3nc4cc(OCC(F)F)c(Cl)cc4[nH]3)c2c1. The molecule has 0 saturated carbocycles. The fourth-order valence-corrected chi connectivity index (χ4v) is 4.57. The fourth-order valence-electron chi connectivity index (χ4n) is 4.36. The number of aromatic nitrogens is 4. The molecule has 4 aromatic rings. The van der Waals surface area contributed by atoms with E-state index >= 15 is 0 Å². The van der Waals surface area contributed by atoms with Gasteiger partial charge >= 0.3 is 0 Å². The van der Waals surface area contributed by atoms with E-state index in [1.54, 1.807) is 4.90 Å². The number of primary amides is 1. The average molecular weight is 561 g/mol. The zero-order valence-electron chi connectivity index (χ0n) is 20.5. The van der Waals surface area contributed by atoms with Gasteiger partial charge < -0.3 is 25.1 Å². The van der Waals surface area contributed by atoms with Gasteiger partial charge in [-0.05, 0) is 24.3 Å². The first-order valence-electron chi connectivity index (χ1n) is 12.0. The van der Waals surface area contributed by atoms with Crippen LogP contribution in [0, 0.1) is 0 Å². The van der Waals surface area contributed by atoms with E-state index in [0.717, 1.165) is 4.68 Å². The molecule has 1 fully saturated rings. The second-order valence-corrected chi connectivity index (χ2v) is 9.30. The van der Waals surface area contributed by atoms with E-state index in [4.69, 9.17) is 26.8 Å². The van der Waals surface area contributed by atoms with E-state index in [9.17, 15) is 23.2 Å². The first-order chi connectivity index (χ1) is 18.7. The largest absolute Gasteiger partial charge is 0.486 e. The van der Waals surface area contributed by atoms with Crippen molar-refractivity contribution in [1.82, 2.24) is 24.6 Å². The molecule has 2 amide bonds. The molecular weight excluding hydrogens is 538 g/mol. The summed E-state index contributed by atoms with van der Waals surface area (Å²) < 4.78 is 36.6. The summed E-state index contributed by atoms with van der Waals surface area (Å²) in [6.45, 7) is 0.572. The number of aromatic amines is 1. The van der Waals surface area contributed by atoms with E-state index in [2.05, 4.69) is 15.1 Å². The number of carbonyl (C=O) groups excluding carboxylic acids is 2. The van der Waals surface area contributed by atoms with Crippen molar-refractivity contribution < 1.29 is 27.8 Å². The third kappa shape index (κ3) is 5.68. The number of H-pyrrole nitrogens is 1. The third-order valence-corrected chi connectivity index (χ3v) is 6.55. The second kappa shape index (κ2) is 10.9. The van der Waals surface area contributed by atoms with Crippen molar-refractivity contribution in [2.24, 2.45) is 5.73 Å². The van der Waals surface area contributed by atoms with E-state index < -0.39 is 24.5 Å². The first-order valence-corrected chi connectivity index (χ1v) is 12.4. The molecule has 0 bridgehead atoms. The van der Waals surface area contributed by atoms with Crippen LogP contribution in [0.25, 0.3) is 21.8 Å². The Morgan fingerprint density at radius 1 is 1.18 bits per heavy atom. The Morgan fingerprint density at radius 3 is 2.67 bits per heavy atom. The summed E-state index contributed by atoms with van der Waals surface area (Å²) in [5.74, 6) is -0.478. The monoisotopic (exact) mass is 560 g/mol. The van der Waals surface area contributed by atoms with Gasteiger partial charge in [0.1, 0.15) is 24.7 Å². The molecule has 3 N–H and O–H groups in total. The summed E-state index contributed by atoms with van der Waals surface area (Å²) in [5.41, 5.74) is 6.44. The molecule has 0 atom stereocenters. The van der Waals surface area contributed by atoms with Gasteiger partial charge in [0.15, 0.2) is 0 Å². The molecule has 1 aliphatic rings. The second-order valence-electron chi connectivity index (χ2n) is 8.89. The van der Waals surface area contributed by atoms with Crippen LogP contribution in [0.5, 0.6) is 5.75 Å². The number of ether oxygens (including phenoxy) is 2. The van der Waals surface area contributed by atoms with Gasteiger partial charge in [0.2, 0.25) is 11.8 Å². The Balaban J connectivity index is 1.53. The van der Waals surface area contributed by atoms with E-state index in [0.29, 0.717) is 54.2 Å². The maximum Gasteiger partial charge on any atom is 0.275 e. The number of rotatable bonds is 8. The number of alkyl halides is 2. The summed E-state index contributed by atoms with van der Waals surface area (Å²) in [5, 5.41) is 5.22. The smallest absolute Gasteiger partial charge is 0.275 e. The third-order valence-electron chi connectivity index (χ3n) is 6.25. The lowest BCUT2D eigenvalue weighted by molar-refractivity contribution is -0.136. The summed E-state index contributed by atoms with van der Waals surface area (Å²) in [6.07, 6.45) is -2.59. The number of morpholine rings is 1. The molecule has 11 nitrogen and oxygen atoms in total. The van der Waals surface area contributed by atoms with Crippen LogP contribution in [0.4, 0.5) is 8.78 Å². The van der Waals surface area contributed by atoms with E-state index in [-0.39, 0.29) is 40.6 Å². The van der Waals surface area contributed by atoms with Crippen LogP contribution in [-0.4, -0.2) is 75.8 Å². The molecule has 0 radical (unpaired) electrons. The molecule has 0 aliphatic carbocycles. The van der Waals surface area contributed by atoms with Gasteiger partial charge in [-0.2, -0.15) is 5.10 Å². The maximum absolute atomic E-state index is 13.2. The number of imidazole rings is 1. The molecule has 0 unspecified atom stereocenters. The van der Waals surface area contributed by atoms with Crippen molar-refractivity contribution in [1.29, 1.82) is 0 Å². The van der Waals surface area contributed by atoms with Crippen LogP contribution in [0.2, 0.25) is 5.02 Å². The lowest BCUT2D eigenvalue weighted by atomic mass is 10.0. The van der Waals surface area contributed by atoms with Crippen molar-refractivity contribution in [3.8, 4) is 5.75 Å². The lowest BCUT2D eigenvalue weighted by Gasteiger charge is -2.27. The van der Waals surface area contributed by atoms with Crippen molar-refractivity contribution in [3.05, 3.63) is 62.8 Å². The fraction of sp³-hybridized carbons (Fsp3) is 0.320. The van der Waals surface area contributed by atoms with Crippen LogP contribution in [0.15, 0.2) is 35.1 Å². The number of nitrogens with zero attached hydrogens (tertiary/aromatic N) is 4. The molecule has 0 spiro atoms. The van der Waals surface area contributed by atoms with Gasteiger partial charge in [-0.1, -0.05) is 11.6 Å². The van der Waals surface area contributed by atoms with Gasteiger partial charge in [-0.3, -0.25) is 14.4 Å². The minimum Gasteiger partial charge on any atom is -0.486 e. The molecule has 1 aliphatic heterocycles.